The van der Waals surface area contributed by atoms with Gasteiger partial charge in [0, 0.05) is 37.1 Å². The van der Waals surface area contributed by atoms with E-state index in [9.17, 15) is 30.8 Å². The molecular formula is C31H42F4N6O5S. The predicted octanol–water partition coefficient (Wildman–Crippen LogP) is 4.21. The Morgan fingerprint density at radius 3 is 2.53 bits per heavy atom. The molecule has 0 bridgehead atoms. The van der Waals surface area contributed by atoms with Crippen LogP contribution in [0.15, 0.2) is 30.7 Å². The second-order valence-electron chi connectivity index (χ2n) is 13.0. The summed E-state index contributed by atoms with van der Waals surface area (Å²) in [5.41, 5.74) is -0.243. The third-order valence-corrected chi connectivity index (χ3v) is 10.6. The first kappa shape index (κ1) is 35.2. The first-order chi connectivity index (χ1) is 22.2. The number of sulfonamides is 1. The maximum Gasteiger partial charge on any atom is 0.406 e. The van der Waals surface area contributed by atoms with Gasteiger partial charge in [0.05, 0.1) is 30.2 Å². The lowest BCUT2D eigenvalue weighted by Crippen LogP contribution is -2.61. The number of carbonyl (C=O) groups is 1. The summed E-state index contributed by atoms with van der Waals surface area (Å²) in [6.07, 6.45) is 1.70. The number of hydrogen-bond donors (Lipinski definition) is 1. The summed E-state index contributed by atoms with van der Waals surface area (Å²) in [5.74, 6) is -1.14. The van der Waals surface area contributed by atoms with Gasteiger partial charge in [-0.05, 0) is 77.7 Å². The monoisotopic (exact) mass is 686 g/mol. The summed E-state index contributed by atoms with van der Waals surface area (Å²) < 4.78 is 92.4. The molecule has 2 atom stereocenters. The third-order valence-electron chi connectivity index (χ3n) is 9.11. The van der Waals surface area contributed by atoms with E-state index >= 15 is 0 Å². The molecular weight excluding hydrogens is 644 g/mol. The number of carbonyl (C=O) groups excluding carboxylic acids is 1. The molecule has 260 valence electrons. The number of anilines is 1. The molecule has 1 N–H and O–H groups in total. The van der Waals surface area contributed by atoms with Crippen LogP contribution in [0.5, 0.6) is 11.5 Å². The number of amides is 1. The van der Waals surface area contributed by atoms with Crippen LogP contribution < -0.4 is 14.4 Å². The van der Waals surface area contributed by atoms with Crippen molar-refractivity contribution in [1.82, 2.24) is 24.5 Å². The summed E-state index contributed by atoms with van der Waals surface area (Å²) in [5, 5.41) is 0. The van der Waals surface area contributed by atoms with Crippen LogP contribution in [0.25, 0.3) is 0 Å². The quantitative estimate of drug-likeness (QED) is 0.347. The standard InChI is InChI=1S/C31H42F4N6O5S/c1-4-47(43,44)38-23-6-7-24(45-16-23)15-39-11-9-30(10-12-39)17-40(18-30)28-27(14-36-20-37-28)46-26-8-5-22(32)13-25(26)29(42)41(21(2)3)19-31(33,34)35/h5,8,13-14,20-21,23-24,38H,4,6-7,9-12,15-19H2,1-3H3/t23-,24+/m1/s1. The lowest BCUT2D eigenvalue weighted by molar-refractivity contribution is -0.143. The molecule has 47 heavy (non-hydrogen) atoms. The Kier molecular flexibility index (Phi) is 10.6. The maximum atomic E-state index is 14.2. The highest BCUT2D eigenvalue weighted by atomic mass is 32.2. The highest BCUT2D eigenvalue weighted by molar-refractivity contribution is 7.89. The summed E-state index contributed by atoms with van der Waals surface area (Å²) >= 11 is 0. The van der Waals surface area contributed by atoms with Crippen LogP contribution in [0, 0.1) is 11.2 Å². The average Bonchev–Trinajstić information content (AvgIpc) is 3.00. The fourth-order valence-corrected chi connectivity index (χ4v) is 7.30. The van der Waals surface area contributed by atoms with Crippen molar-refractivity contribution in [3.63, 3.8) is 0 Å². The molecule has 0 radical (unpaired) electrons. The number of nitrogens with zero attached hydrogens (tertiary/aromatic N) is 5. The minimum Gasteiger partial charge on any atom is -0.451 e. The predicted molar refractivity (Wildman–Crippen MR) is 166 cm³/mol. The Bertz CT molecular complexity index is 1500. The number of nitrogens with one attached hydrogen (secondary N) is 1. The number of likely N-dealkylation sites (tertiary alicyclic amines) is 1. The zero-order valence-corrected chi connectivity index (χ0v) is 27.6. The second kappa shape index (κ2) is 14.2. The van der Waals surface area contributed by atoms with Crippen molar-refractivity contribution in [3.05, 3.63) is 42.1 Å². The molecule has 0 saturated carbocycles. The van der Waals surface area contributed by atoms with Crippen molar-refractivity contribution in [3.8, 4) is 11.5 Å². The highest BCUT2D eigenvalue weighted by Gasteiger charge is 2.46. The molecule has 3 aliphatic rings. The van der Waals surface area contributed by atoms with Crippen LogP contribution >= 0.6 is 0 Å². The summed E-state index contributed by atoms with van der Waals surface area (Å²) in [4.78, 5) is 26.8. The van der Waals surface area contributed by atoms with Crippen LogP contribution in [0.4, 0.5) is 23.4 Å². The van der Waals surface area contributed by atoms with Gasteiger partial charge in [-0.3, -0.25) is 4.79 Å². The van der Waals surface area contributed by atoms with Gasteiger partial charge in [0.15, 0.2) is 11.6 Å². The van der Waals surface area contributed by atoms with Gasteiger partial charge in [-0.25, -0.2) is 27.5 Å². The molecule has 3 fully saturated rings. The first-order valence-corrected chi connectivity index (χ1v) is 17.6. The van der Waals surface area contributed by atoms with E-state index in [2.05, 4.69) is 19.6 Å². The number of alkyl halides is 3. The van der Waals surface area contributed by atoms with Crippen molar-refractivity contribution in [2.45, 2.75) is 70.8 Å². The molecule has 5 rings (SSSR count). The fourth-order valence-electron chi connectivity index (χ4n) is 6.44. The van der Waals surface area contributed by atoms with Crippen LogP contribution in [-0.2, 0) is 14.8 Å². The minimum absolute atomic E-state index is 0.0489. The van der Waals surface area contributed by atoms with Crippen LogP contribution in [0.1, 0.15) is 56.8 Å². The Hall–Kier alpha value is -3.08. The topological polar surface area (TPSA) is 117 Å². The Balaban J connectivity index is 1.18. The molecule has 3 saturated heterocycles. The normalized spacial score (nSPS) is 21.9. The van der Waals surface area contributed by atoms with Crippen LogP contribution in [-0.4, -0.2) is 110 Å². The smallest absolute Gasteiger partial charge is 0.406 e. The van der Waals surface area contributed by atoms with Crippen molar-refractivity contribution in [2.75, 3.05) is 56.5 Å². The minimum atomic E-state index is -4.63. The molecule has 0 unspecified atom stereocenters. The van der Waals surface area contributed by atoms with Crippen LogP contribution in [0.3, 0.4) is 0 Å². The molecule has 4 heterocycles. The van der Waals surface area contributed by atoms with E-state index in [1.807, 2.05) is 4.90 Å². The van der Waals surface area contributed by atoms with Gasteiger partial charge in [0.25, 0.3) is 5.91 Å². The average molecular weight is 687 g/mol. The number of aromatic nitrogens is 2. The van der Waals surface area contributed by atoms with E-state index in [1.54, 1.807) is 6.92 Å². The lowest BCUT2D eigenvalue weighted by Gasteiger charge is -2.54. The van der Waals surface area contributed by atoms with Gasteiger partial charge in [-0.15, -0.1) is 0 Å². The van der Waals surface area contributed by atoms with E-state index in [0.717, 1.165) is 70.5 Å². The Labute approximate surface area is 272 Å². The third kappa shape index (κ3) is 8.89. The van der Waals surface area contributed by atoms with E-state index in [1.165, 1.54) is 32.4 Å². The van der Waals surface area contributed by atoms with E-state index in [-0.39, 0.29) is 40.4 Å². The van der Waals surface area contributed by atoms with Crippen molar-refractivity contribution < 1.29 is 40.2 Å². The first-order valence-electron chi connectivity index (χ1n) is 15.9. The van der Waals surface area contributed by atoms with Gasteiger partial charge in [-0.2, -0.15) is 13.2 Å². The molecule has 2 aromatic rings. The van der Waals surface area contributed by atoms with Gasteiger partial charge in [0.2, 0.25) is 10.0 Å². The van der Waals surface area contributed by atoms with E-state index in [4.69, 9.17) is 9.47 Å². The largest absolute Gasteiger partial charge is 0.451 e. The number of rotatable bonds is 11. The number of halogens is 4. The molecule has 1 spiro atoms. The summed E-state index contributed by atoms with van der Waals surface area (Å²) in [6, 6.07) is 2.20. The van der Waals surface area contributed by atoms with Gasteiger partial charge >= 0.3 is 6.18 Å². The lowest BCUT2D eigenvalue weighted by atomic mass is 9.72. The van der Waals surface area contributed by atoms with Crippen molar-refractivity contribution in [1.29, 1.82) is 0 Å². The highest BCUT2D eigenvalue weighted by Crippen LogP contribution is 2.45. The molecule has 16 heteroatoms. The van der Waals surface area contributed by atoms with Crippen molar-refractivity contribution in [2.24, 2.45) is 5.41 Å². The molecule has 0 aliphatic carbocycles. The molecule has 3 aliphatic heterocycles. The molecule has 1 aromatic heterocycles. The Morgan fingerprint density at radius 2 is 1.91 bits per heavy atom. The van der Waals surface area contributed by atoms with E-state index in [0.29, 0.717) is 17.3 Å². The maximum absolute atomic E-state index is 14.2. The zero-order chi connectivity index (χ0) is 34.0. The number of piperidine rings is 1. The zero-order valence-electron chi connectivity index (χ0n) is 26.8. The SMILES string of the molecule is CCS(=O)(=O)N[C@@H]1CC[C@@H](CN2CCC3(CC2)CN(c2ncncc2Oc2ccc(F)cc2C(=O)N(CC(F)(F)F)C(C)C)C3)OC1. The Morgan fingerprint density at radius 1 is 1.19 bits per heavy atom. The molecule has 1 amide bonds. The van der Waals surface area contributed by atoms with Gasteiger partial charge in [0.1, 0.15) is 24.4 Å². The summed E-state index contributed by atoms with van der Waals surface area (Å²) in [7, 11) is -3.26. The molecule has 11 nitrogen and oxygen atoms in total. The molecule has 1 aromatic carbocycles. The summed E-state index contributed by atoms with van der Waals surface area (Å²) in [6.45, 7) is 7.45. The number of hydrogen-bond acceptors (Lipinski definition) is 9. The van der Waals surface area contributed by atoms with Gasteiger partial charge < -0.3 is 24.2 Å². The number of ether oxygens (including phenoxy) is 2. The van der Waals surface area contributed by atoms with Crippen LogP contribution in [0.2, 0.25) is 0 Å². The van der Waals surface area contributed by atoms with E-state index < -0.39 is 40.5 Å². The van der Waals surface area contributed by atoms with Gasteiger partial charge in [-0.1, -0.05) is 0 Å². The second-order valence-corrected chi connectivity index (χ2v) is 15.0. The fraction of sp³-hybridized carbons (Fsp3) is 0.645. The van der Waals surface area contributed by atoms with Crippen molar-refractivity contribution >= 4 is 21.7 Å². The number of benzene rings is 1.